The van der Waals surface area contributed by atoms with Crippen LogP contribution >= 0.6 is 15.9 Å². The van der Waals surface area contributed by atoms with E-state index in [4.69, 9.17) is 4.74 Å². The summed E-state index contributed by atoms with van der Waals surface area (Å²) in [6, 6.07) is 0. The number of ether oxygens (including phenoxy) is 1. The van der Waals surface area contributed by atoms with E-state index in [1.54, 1.807) is 0 Å². The minimum absolute atomic E-state index is 0.674. The zero-order valence-corrected chi connectivity index (χ0v) is 11.3. The van der Waals surface area contributed by atoms with Crippen molar-refractivity contribution in [2.45, 2.75) is 24.6 Å². The second kappa shape index (κ2) is 8.50. The van der Waals surface area contributed by atoms with Gasteiger partial charge >= 0.3 is 0 Å². The lowest BCUT2D eigenvalue weighted by atomic mass is 10.2. The molecule has 0 aromatic carbocycles. The maximum Gasteiger partial charge on any atom is 0.0594 e. The van der Waals surface area contributed by atoms with Crippen molar-refractivity contribution in [2.75, 3.05) is 45.9 Å². The average molecular weight is 279 g/mol. The Labute approximate surface area is 102 Å². The summed E-state index contributed by atoms with van der Waals surface area (Å²) in [5.74, 6) is 0. The molecule has 1 saturated heterocycles. The summed E-state index contributed by atoms with van der Waals surface area (Å²) in [5.41, 5.74) is 0. The lowest BCUT2D eigenvalue weighted by Crippen LogP contribution is -2.40. The van der Waals surface area contributed by atoms with Gasteiger partial charge in [0.15, 0.2) is 0 Å². The standard InChI is InChI=1S/C11H23BrN2O/c1-2-11(12)3-4-13-5-6-14-7-9-15-10-8-14/h11,13H,2-10H2,1H3. The fraction of sp³-hybridized carbons (Fsp3) is 1.00. The third kappa shape index (κ3) is 6.51. The molecule has 0 aromatic heterocycles. The molecule has 3 nitrogen and oxygen atoms in total. The Morgan fingerprint density at radius 2 is 2.07 bits per heavy atom. The van der Waals surface area contributed by atoms with Crippen molar-refractivity contribution in [1.82, 2.24) is 10.2 Å². The van der Waals surface area contributed by atoms with Crippen LogP contribution in [0, 0.1) is 0 Å². The molecule has 1 rings (SSSR count). The normalized spacial score (nSPS) is 20.4. The number of hydrogen-bond acceptors (Lipinski definition) is 3. The smallest absolute Gasteiger partial charge is 0.0594 e. The van der Waals surface area contributed by atoms with Gasteiger partial charge in [-0.2, -0.15) is 0 Å². The summed E-state index contributed by atoms with van der Waals surface area (Å²) in [7, 11) is 0. The van der Waals surface area contributed by atoms with Gasteiger partial charge in [0, 0.05) is 31.0 Å². The first kappa shape index (κ1) is 13.4. The van der Waals surface area contributed by atoms with Crippen molar-refractivity contribution in [2.24, 2.45) is 0 Å². The molecule has 1 heterocycles. The first-order valence-corrected chi connectivity index (χ1v) is 6.89. The molecule has 4 heteroatoms. The van der Waals surface area contributed by atoms with E-state index in [0.29, 0.717) is 4.83 Å². The van der Waals surface area contributed by atoms with Gasteiger partial charge in [0.2, 0.25) is 0 Å². The van der Waals surface area contributed by atoms with E-state index in [2.05, 4.69) is 33.1 Å². The highest BCUT2D eigenvalue weighted by molar-refractivity contribution is 9.09. The Balaban J connectivity index is 1.87. The summed E-state index contributed by atoms with van der Waals surface area (Å²) >= 11 is 3.64. The van der Waals surface area contributed by atoms with Crippen LogP contribution in [0.3, 0.4) is 0 Å². The predicted molar refractivity (Wildman–Crippen MR) is 67.8 cm³/mol. The monoisotopic (exact) mass is 278 g/mol. The van der Waals surface area contributed by atoms with E-state index in [1.165, 1.54) is 12.8 Å². The van der Waals surface area contributed by atoms with Gasteiger partial charge in [-0.3, -0.25) is 4.90 Å². The Kier molecular flexibility index (Phi) is 7.61. The van der Waals surface area contributed by atoms with Gasteiger partial charge in [-0.05, 0) is 19.4 Å². The SMILES string of the molecule is CCC(Br)CCNCCN1CCOCC1. The Morgan fingerprint density at radius 1 is 1.33 bits per heavy atom. The van der Waals surface area contributed by atoms with Crippen LogP contribution in [-0.2, 0) is 4.74 Å². The van der Waals surface area contributed by atoms with Crippen LogP contribution in [0.2, 0.25) is 0 Å². The number of hydrogen-bond donors (Lipinski definition) is 1. The highest BCUT2D eigenvalue weighted by Gasteiger charge is 2.08. The molecule has 1 aliphatic heterocycles. The molecule has 1 atom stereocenters. The molecule has 1 aliphatic rings. The van der Waals surface area contributed by atoms with Gasteiger partial charge < -0.3 is 10.1 Å². The molecule has 90 valence electrons. The largest absolute Gasteiger partial charge is 0.379 e. The van der Waals surface area contributed by atoms with Gasteiger partial charge in [-0.25, -0.2) is 0 Å². The van der Waals surface area contributed by atoms with Crippen LogP contribution in [0.15, 0.2) is 0 Å². The Hall–Kier alpha value is 0.360. The van der Waals surface area contributed by atoms with E-state index in [1.807, 2.05) is 0 Å². The lowest BCUT2D eigenvalue weighted by Gasteiger charge is -2.26. The molecule has 1 unspecified atom stereocenters. The molecular weight excluding hydrogens is 256 g/mol. The number of nitrogens with zero attached hydrogens (tertiary/aromatic N) is 1. The second-order valence-corrected chi connectivity index (χ2v) is 5.29. The summed E-state index contributed by atoms with van der Waals surface area (Å²) in [5, 5.41) is 3.49. The minimum Gasteiger partial charge on any atom is -0.379 e. The van der Waals surface area contributed by atoms with E-state index in [-0.39, 0.29) is 0 Å². The third-order valence-electron chi connectivity index (χ3n) is 2.79. The molecule has 0 radical (unpaired) electrons. The van der Waals surface area contributed by atoms with Crippen molar-refractivity contribution in [1.29, 1.82) is 0 Å². The van der Waals surface area contributed by atoms with Crippen LogP contribution in [0.1, 0.15) is 19.8 Å². The minimum atomic E-state index is 0.674. The average Bonchev–Trinajstić information content (AvgIpc) is 2.29. The van der Waals surface area contributed by atoms with Crippen LogP contribution in [0.4, 0.5) is 0 Å². The summed E-state index contributed by atoms with van der Waals surface area (Å²) < 4.78 is 5.30. The Bertz CT molecular complexity index is 152. The van der Waals surface area contributed by atoms with Gasteiger partial charge in [-0.1, -0.05) is 22.9 Å². The van der Waals surface area contributed by atoms with Crippen LogP contribution in [-0.4, -0.2) is 55.7 Å². The molecule has 0 spiro atoms. The molecule has 0 amide bonds. The summed E-state index contributed by atoms with van der Waals surface area (Å²) in [6.07, 6.45) is 2.44. The second-order valence-electron chi connectivity index (χ2n) is 4.00. The Morgan fingerprint density at radius 3 is 2.73 bits per heavy atom. The van der Waals surface area contributed by atoms with Gasteiger partial charge in [-0.15, -0.1) is 0 Å². The first-order valence-electron chi connectivity index (χ1n) is 5.97. The van der Waals surface area contributed by atoms with Crippen LogP contribution < -0.4 is 5.32 Å². The molecular formula is C11H23BrN2O. The van der Waals surface area contributed by atoms with Crippen LogP contribution in [0.5, 0.6) is 0 Å². The zero-order chi connectivity index (χ0) is 10.9. The fourth-order valence-electron chi connectivity index (χ4n) is 1.65. The molecule has 0 aromatic rings. The maximum absolute atomic E-state index is 5.30. The van der Waals surface area contributed by atoms with E-state index >= 15 is 0 Å². The number of morpholine rings is 1. The number of rotatable bonds is 7. The van der Waals surface area contributed by atoms with E-state index in [0.717, 1.165) is 45.9 Å². The van der Waals surface area contributed by atoms with Crippen molar-refractivity contribution in [3.8, 4) is 0 Å². The topological polar surface area (TPSA) is 24.5 Å². The highest BCUT2D eigenvalue weighted by atomic mass is 79.9. The summed E-state index contributed by atoms with van der Waals surface area (Å²) in [4.78, 5) is 3.13. The van der Waals surface area contributed by atoms with Gasteiger partial charge in [0.1, 0.15) is 0 Å². The highest BCUT2D eigenvalue weighted by Crippen LogP contribution is 2.07. The third-order valence-corrected chi connectivity index (χ3v) is 3.89. The van der Waals surface area contributed by atoms with Crippen LogP contribution in [0.25, 0.3) is 0 Å². The van der Waals surface area contributed by atoms with E-state index < -0.39 is 0 Å². The quantitative estimate of drug-likeness (QED) is 0.564. The van der Waals surface area contributed by atoms with Gasteiger partial charge in [0.25, 0.3) is 0 Å². The van der Waals surface area contributed by atoms with Crippen molar-refractivity contribution < 1.29 is 4.74 Å². The van der Waals surface area contributed by atoms with Gasteiger partial charge in [0.05, 0.1) is 13.2 Å². The molecule has 1 fully saturated rings. The van der Waals surface area contributed by atoms with E-state index in [9.17, 15) is 0 Å². The number of halogens is 1. The number of alkyl halides is 1. The predicted octanol–water partition coefficient (Wildman–Crippen LogP) is 1.47. The van der Waals surface area contributed by atoms with Crippen molar-refractivity contribution in [3.05, 3.63) is 0 Å². The molecule has 1 N–H and O–H groups in total. The lowest BCUT2D eigenvalue weighted by molar-refractivity contribution is 0.0384. The van der Waals surface area contributed by atoms with Crippen molar-refractivity contribution >= 4 is 15.9 Å². The fourth-order valence-corrected chi connectivity index (χ4v) is 1.88. The maximum atomic E-state index is 5.30. The molecule has 0 aliphatic carbocycles. The number of nitrogens with one attached hydrogen (secondary N) is 1. The zero-order valence-electron chi connectivity index (χ0n) is 9.67. The molecule has 0 bridgehead atoms. The molecule has 15 heavy (non-hydrogen) atoms. The summed E-state index contributed by atoms with van der Waals surface area (Å²) in [6.45, 7) is 9.58. The first-order chi connectivity index (χ1) is 7.33. The van der Waals surface area contributed by atoms with Crippen molar-refractivity contribution in [3.63, 3.8) is 0 Å². The molecule has 0 saturated carbocycles.